The lowest BCUT2D eigenvalue weighted by atomic mass is 10.2. The van der Waals surface area contributed by atoms with Crippen LogP contribution in [0.15, 0.2) is 54.6 Å². The van der Waals surface area contributed by atoms with Crippen LogP contribution in [0, 0.1) is 0 Å². The number of amides is 1. The highest BCUT2D eigenvalue weighted by molar-refractivity contribution is 7.80. The summed E-state index contributed by atoms with van der Waals surface area (Å²) in [6.45, 7) is 0.591. The third-order valence-corrected chi connectivity index (χ3v) is 4.06. The van der Waals surface area contributed by atoms with Crippen molar-refractivity contribution in [3.05, 3.63) is 66.0 Å². The van der Waals surface area contributed by atoms with Crippen LogP contribution in [0.4, 0.5) is 0 Å². The van der Waals surface area contributed by atoms with Crippen LogP contribution in [-0.2, 0) is 24.8 Å². The fraction of sp³-hybridized carbons (Fsp3) is 0.167. The molecule has 1 aromatic heterocycles. The van der Waals surface area contributed by atoms with Crippen molar-refractivity contribution in [1.29, 1.82) is 0 Å². The summed E-state index contributed by atoms with van der Waals surface area (Å²) in [5.74, 6) is 0.492. The molecular formula is C18H19N5OS. The summed E-state index contributed by atoms with van der Waals surface area (Å²) < 4.78 is 1.92. The number of para-hydroxylation sites is 2. The molecule has 3 N–H and O–H groups in total. The van der Waals surface area contributed by atoms with Crippen LogP contribution in [0.25, 0.3) is 11.0 Å². The average Bonchev–Trinajstić information content (AvgIpc) is 2.95. The Kier molecular flexibility index (Phi) is 5.25. The lowest BCUT2D eigenvalue weighted by Gasteiger charge is -2.11. The number of rotatable bonds is 4. The lowest BCUT2D eigenvalue weighted by Crippen LogP contribution is -2.47. The monoisotopic (exact) mass is 353 g/mol. The van der Waals surface area contributed by atoms with E-state index in [2.05, 4.69) is 21.2 Å². The van der Waals surface area contributed by atoms with Gasteiger partial charge in [-0.3, -0.25) is 15.6 Å². The van der Waals surface area contributed by atoms with E-state index in [0.717, 1.165) is 16.6 Å². The molecule has 25 heavy (non-hydrogen) atoms. The second-order valence-corrected chi connectivity index (χ2v) is 6.00. The van der Waals surface area contributed by atoms with Crippen molar-refractivity contribution in [3.8, 4) is 0 Å². The van der Waals surface area contributed by atoms with Gasteiger partial charge in [0.15, 0.2) is 5.11 Å². The standard InChI is InChI=1S/C18H19N5OS/c1-23-15-10-6-5-9-14(15)20-16(23)11-17(24)21-22-18(25)19-12-13-7-3-2-4-8-13/h2-10H,11-12H2,1H3,(H,21,24)(H2,19,22,25). The normalized spacial score (nSPS) is 10.4. The Morgan fingerprint density at radius 3 is 2.56 bits per heavy atom. The zero-order valence-electron chi connectivity index (χ0n) is 13.8. The number of fused-ring (bicyclic) bond motifs is 1. The molecule has 0 unspecified atom stereocenters. The Balaban J connectivity index is 1.49. The first-order valence-corrected chi connectivity index (χ1v) is 8.31. The van der Waals surface area contributed by atoms with Crippen LogP contribution < -0.4 is 16.2 Å². The number of carbonyl (C=O) groups excluding carboxylic acids is 1. The van der Waals surface area contributed by atoms with Crippen LogP contribution in [0.1, 0.15) is 11.4 Å². The molecule has 128 valence electrons. The van der Waals surface area contributed by atoms with E-state index >= 15 is 0 Å². The molecule has 0 atom stereocenters. The maximum Gasteiger partial charge on any atom is 0.245 e. The molecule has 0 aliphatic heterocycles. The lowest BCUT2D eigenvalue weighted by molar-refractivity contribution is -0.121. The molecular weight excluding hydrogens is 334 g/mol. The van der Waals surface area contributed by atoms with Crippen molar-refractivity contribution in [2.24, 2.45) is 7.05 Å². The van der Waals surface area contributed by atoms with E-state index in [1.807, 2.05) is 66.2 Å². The number of thiocarbonyl (C=S) groups is 1. The smallest absolute Gasteiger partial charge is 0.245 e. The number of hydrogen-bond donors (Lipinski definition) is 3. The summed E-state index contributed by atoms with van der Waals surface area (Å²) in [7, 11) is 1.90. The first kappa shape index (κ1) is 16.9. The van der Waals surface area contributed by atoms with Crippen LogP contribution in [0.3, 0.4) is 0 Å². The van der Waals surface area contributed by atoms with Gasteiger partial charge in [0.2, 0.25) is 5.91 Å². The van der Waals surface area contributed by atoms with E-state index in [4.69, 9.17) is 12.2 Å². The zero-order valence-corrected chi connectivity index (χ0v) is 14.6. The van der Waals surface area contributed by atoms with E-state index in [1.165, 1.54) is 0 Å². The van der Waals surface area contributed by atoms with Gasteiger partial charge < -0.3 is 9.88 Å². The molecule has 0 fully saturated rings. The third kappa shape index (κ3) is 4.33. The summed E-state index contributed by atoms with van der Waals surface area (Å²) in [5.41, 5.74) is 8.29. The number of nitrogens with one attached hydrogen (secondary N) is 3. The topological polar surface area (TPSA) is 71.0 Å². The maximum atomic E-state index is 12.1. The van der Waals surface area contributed by atoms with Crippen molar-refractivity contribution in [2.75, 3.05) is 0 Å². The first-order chi connectivity index (χ1) is 12.1. The summed E-state index contributed by atoms with van der Waals surface area (Å²) in [6.07, 6.45) is 0.166. The Bertz CT molecular complexity index is 891. The number of carbonyl (C=O) groups is 1. The molecule has 0 radical (unpaired) electrons. The molecule has 3 aromatic rings. The fourth-order valence-electron chi connectivity index (χ4n) is 2.49. The molecule has 0 aliphatic rings. The Labute approximate surface area is 151 Å². The molecule has 0 spiro atoms. The minimum absolute atomic E-state index is 0.166. The van der Waals surface area contributed by atoms with Gasteiger partial charge >= 0.3 is 0 Å². The number of hydrogen-bond acceptors (Lipinski definition) is 3. The number of nitrogens with zero attached hydrogens (tertiary/aromatic N) is 2. The van der Waals surface area contributed by atoms with Crippen molar-refractivity contribution < 1.29 is 4.79 Å². The molecule has 7 heteroatoms. The largest absolute Gasteiger partial charge is 0.357 e. The van der Waals surface area contributed by atoms with Crippen molar-refractivity contribution in [1.82, 2.24) is 25.7 Å². The highest BCUT2D eigenvalue weighted by atomic mass is 32.1. The first-order valence-electron chi connectivity index (χ1n) is 7.90. The molecule has 0 bridgehead atoms. The predicted molar refractivity (Wildman–Crippen MR) is 102 cm³/mol. The quantitative estimate of drug-likeness (QED) is 0.493. The molecule has 3 rings (SSSR count). The van der Waals surface area contributed by atoms with Crippen molar-refractivity contribution in [3.63, 3.8) is 0 Å². The van der Waals surface area contributed by atoms with E-state index in [0.29, 0.717) is 17.5 Å². The van der Waals surface area contributed by atoms with Crippen LogP contribution >= 0.6 is 12.2 Å². The van der Waals surface area contributed by atoms with Crippen molar-refractivity contribution >= 4 is 34.3 Å². The van der Waals surface area contributed by atoms with Gasteiger partial charge in [-0.1, -0.05) is 42.5 Å². The number of aryl methyl sites for hydroxylation is 1. The fourth-order valence-corrected chi connectivity index (χ4v) is 2.61. The van der Waals surface area contributed by atoms with Gasteiger partial charge in [0.1, 0.15) is 5.82 Å². The molecule has 0 aliphatic carbocycles. The number of hydrazine groups is 1. The van der Waals surface area contributed by atoms with Gasteiger partial charge in [0.25, 0.3) is 0 Å². The van der Waals surface area contributed by atoms with Crippen LogP contribution in [-0.4, -0.2) is 20.6 Å². The van der Waals surface area contributed by atoms with Gasteiger partial charge in [0.05, 0.1) is 17.5 Å². The average molecular weight is 353 g/mol. The molecule has 2 aromatic carbocycles. The van der Waals surface area contributed by atoms with Crippen molar-refractivity contribution in [2.45, 2.75) is 13.0 Å². The highest BCUT2D eigenvalue weighted by Gasteiger charge is 2.11. The van der Waals surface area contributed by atoms with Gasteiger partial charge in [-0.05, 0) is 29.9 Å². The molecule has 0 saturated heterocycles. The van der Waals surface area contributed by atoms with E-state index in [-0.39, 0.29) is 12.3 Å². The second kappa shape index (κ2) is 7.76. The van der Waals surface area contributed by atoms with E-state index in [9.17, 15) is 4.79 Å². The molecule has 1 amide bonds. The SMILES string of the molecule is Cn1c(CC(=O)NNC(=S)NCc2ccccc2)nc2ccccc21. The van der Waals surface area contributed by atoms with Gasteiger partial charge in [-0.25, -0.2) is 4.98 Å². The molecule has 1 heterocycles. The summed E-state index contributed by atoms with van der Waals surface area (Å²) in [4.78, 5) is 16.6. The third-order valence-electron chi connectivity index (χ3n) is 3.81. The molecule has 0 saturated carbocycles. The summed E-state index contributed by atoms with van der Waals surface area (Å²) >= 11 is 5.16. The van der Waals surface area contributed by atoms with Gasteiger partial charge in [-0.2, -0.15) is 0 Å². The minimum atomic E-state index is -0.206. The summed E-state index contributed by atoms with van der Waals surface area (Å²) in [6, 6.07) is 17.7. The van der Waals surface area contributed by atoms with Gasteiger partial charge in [0, 0.05) is 13.6 Å². The Hall–Kier alpha value is -2.93. The number of aromatic nitrogens is 2. The van der Waals surface area contributed by atoms with Crippen LogP contribution in [0.5, 0.6) is 0 Å². The molecule has 6 nitrogen and oxygen atoms in total. The van der Waals surface area contributed by atoms with E-state index < -0.39 is 0 Å². The second-order valence-electron chi connectivity index (χ2n) is 5.59. The summed E-state index contributed by atoms with van der Waals surface area (Å²) in [5, 5.41) is 3.40. The predicted octanol–water partition coefficient (Wildman–Crippen LogP) is 1.81. The highest BCUT2D eigenvalue weighted by Crippen LogP contribution is 2.14. The van der Waals surface area contributed by atoms with E-state index in [1.54, 1.807) is 0 Å². The maximum absolute atomic E-state index is 12.1. The Morgan fingerprint density at radius 2 is 1.80 bits per heavy atom. The minimum Gasteiger partial charge on any atom is -0.357 e. The number of imidazole rings is 1. The zero-order chi connectivity index (χ0) is 17.6. The Morgan fingerprint density at radius 1 is 1.08 bits per heavy atom. The number of benzene rings is 2. The van der Waals surface area contributed by atoms with Crippen LogP contribution in [0.2, 0.25) is 0 Å². The van der Waals surface area contributed by atoms with Gasteiger partial charge in [-0.15, -0.1) is 0 Å².